The maximum Gasteiger partial charge on any atom is 0.251 e. The van der Waals surface area contributed by atoms with E-state index in [2.05, 4.69) is 15.3 Å². The predicted molar refractivity (Wildman–Crippen MR) is 107 cm³/mol. The Kier molecular flexibility index (Phi) is 4.93. The molecule has 0 unspecified atom stereocenters. The normalized spacial score (nSPS) is 18.2. The lowest BCUT2D eigenvalue weighted by atomic mass is 9.78. The number of nitrogens with zero attached hydrogens (tertiary/aromatic N) is 1. The summed E-state index contributed by atoms with van der Waals surface area (Å²) in [5, 5.41) is 3.07. The van der Waals surface area contributed by atoms with Crippen LogP contribution in [0.15, 0.2) is 65.7 Å². The number of para-hydroxylation sites is 1. The molecule has 2 N–H and O–H groups in total. The van der Waals surface area contributed by atoms with Crippen molar-refractivity contribution in [3.8, 4) is 16.9 Å². The van der Waals surface area contributed by atoms with Gasteiger partial charge in [0.15, 0.2) is 0 Å². The molecule has 0 spiro atoms. The van der Waals surface area contributed by atoms with Gasteiger partial charge in [0.25, 0.3) is 11.5 Å². The zero-order valence-electron chi connectivity index (χ0n) is 15.5. The van der Waals surface area contributed by atoms with Crippen LogP contribution in [0, 0.1) is 0 Å². The maximum atomic E-state index is 12.7. The van der Waals surface area contributed by atoms with Crippen LogP contribution in [-0.4, -0.2) is 29.0 Å². The zero-order chi connectivity index (χ0) is 19.5. The molecule has 3 aromatic rings. The molecule has 0 aliphatic heterocycles. The molecule has 4 rings (SSSR count). The van der Waals surface area contributed by atoms with Crippen molar-refractivity contribution in [2.45, 2.75) is 24.8 Å². The number of methoxy groups -OCH3 is 1. The third-order valence-corrected chi connectivity index (χ3v) is 5.13. The summed E-state index contributed by atoms with van der Waals surface area (Å²) in [7, 11) is 1.64. The van der Waals surface area contributed by atoms with E-state index in [9.17, 15) is 9.59 Å². The monoisotopic (exact) mass is 375 g/mol. The van der Waals surface area contributed by atoms with Crippen molar-refractivity contribution in [2.24, 2.45) is 0 Å². The highest BCUT2D eigenvalue weighted by Crippen LogP contribution is 2.35. The van der Waals surface area contributed by atoms with Crippen molar-refractivity contribution >= 4 is 5.91 Å². The molecule has 0 saturated heterocycles. The lowest BCUT2D eigenvalue weighted by Crippen LogP contribution is -2.43. The van der Waals surface area contributed by atoms with Crippen LogP contribution in [0.4, 0.5) is 0 Å². The first-order valence-corrected chi connectivity index (χ1v) is 9.23. The molecule has 1 heterocycles. The summed E-state index contributed by atoms with van der Waals surface area (Å²) in [6, 6.07) is 16.9. The third-order valence-electron chi connectivity index (χ3n) is 5.13. The largest absolute Gasteiger partial charge is 0.496 e. The van der Waals surface area contributed by atoms with Crippen LogP contribution in [-0.2, 0) is 0 Å². The van der Waals surface area contributed by atoms with Crippen molar-refractivity contribution < 1.29 is 9.53 Å². The first kappa shape index (κ1) is 18.0. The van der Waals surface area contributed by atoms with Crippen molar-refractivity contribution in [1.82, 2.24) is 15.3 Å². The molecule has 28 heavy (non-hydrogen) atoms. The molecule has 1 saturated carbocycles. The molecule has 1 aromatic heterocycles. The van der Waals surface area contributed by atoms with Gasteiger partial charge in [-0.3, -0.25) is 9.59 Å². The summed E-state index contributed by atoms with van der Waals surface area (Å²) in [5.74, 6) is 0.888. The number of hydrogen-bond donors (Lipinski definition) is 2. The fourth-order valence-electron chi connectivity index (χ4n) is 3.56. The molecule has 142 valence electrons. The summed E-state index contributed by atoms with van der Waals surface area (Å²) >= 11 is 0. The molecule has 1 aliphatic carbocycles. The van der Waals surface area contributed by atoms with Crippen LogP contribution in [0.1, 0.15) is 34.8 Å². The lowest BCUT2D eigenvalue weighted by molar-refractivity contribution is 0.0908. The number of hydrogen-bond acceptors (Lipinski definition) is 4. The van der Waals surface area contributed by atoms with E-state index in [0.29, 0.717) is 5.56 Å². The number of benzene rings is 2. The smallest absolute Gasteiger partial charge is 0.251 e. The fraction of sp³-hybridized carbons (Fsp3) is 0.227. The van der Waals surface area contributed by atoms with Crippen molar-refractivity contribution in [3.63, 3.8) is 0 Å². The van der Waals surface area contributed by atoms with E-state index in [4.69, 9.17) is 4.74 Å². The van der Waals surface area contributed by atoms with Crippen LogP contribution >= 0.6 is 0 Å². The Morgan fingerprint density at radius 3 is 2.75 bits per heavy atom. The van der Waals surface area contributed by atoms with Gasteiger partial charge < -0.3 is 15.0 Å². The first-order chi connectivity index (χ1) is 13.6. The molecule has 6 nitrogen and oxygen atoms in total. The molecular weight excluding hydrogens is 354 g/mol. The van der Waals surface area contributed by atoms with E-state index < -0.39 is 0 Å². The van der Waals surface area contributed by atoms with Crippen LogP contribution < -0.4 is 15.6 Å². The van der Waals surface area contributed by atoms with E-state index in [1.54, 1.807) is 7.11 Å². The van der Waals surface area contributed by atoms with Gasteiger partial charge in [-0.15, -0.1) is 0 Å². The predicted octanol–water partition coefficient (Wildman–Crippen LogP) is 3.12. The quantitative estimate of drug-likeness (QED) is 0.718. The lowest BCUT2D eigenvalue weighted by Gasteiger charge is -2.35. The van der Waals surface area contributed by atoms with Crippen molar-refractivity contribution in [1.29, 1.82) is 0 Å². The van der Waals surface area contributed by atoms with Crippen LogP contribution in [0.2, 0.25) is 0 Å². The van der Waals surface area contributed by atoms with Gasteiger partial charge in [0, 0.05) is 29.2 Å². The Bertz CT molecular complexity index is 1050. The molecular formula is C22H21N3O3. The SMILES string of the molecule is COc1ccccc1-c1cccc(C(=O)NC2CC(c3cc(=O)[nH]cn3)C2)c1. The van der Waals surface area contributed by atoms with Gasteiger partial charge in [0.2, 0.25) is 0 Å². The molecule has 0 bridgehead atoms. The first-order valence-electron chi connectivity index (χ1n) is 9.23. The van der Waals surface area contributed by atoms with E-state index in [-0.39, 0.29) is 23.4 Å². The van der Waals surface area contributed by atoms with Gasteiger partial charge in [-0.25, -0.2) is 4.98 Å². The van der Waals surface area contributed by atoms with Crippen LogP contribution in [0.25, 0.3) is 11.1 Å². The average Bonchev–Trinajstić information content (AvgIpc) is 2.70. The molecule has 1 aliphatic rings. The molecule has 1 amide bonds. The van der Waals surface area contributed by atoms with E-state index >= 15 is 0 Å². The third kappa shape index (κ3) is 3.67. The van der Waals surface area contributed by atoms with E-state index in [1.807, 2.05) is 48.5 Å². The Morgan fingerprint density at radius 1 is 1.14 bits per heavy atom. The summed E-state index contributed by atoms with van der Waals surface area (Å²) in [6.07, 6.45) is 3.00. The highest BCUT2D eigenvalue weighted by molar-refractivity contribution is 5.96. The van der Waals surface area contributed by atoms with Gasteiger partial charge in [0.05, 0.1) is 19.1 Å². The topological polar surface area (TPSA) is 84.1 Å². The number of carbonyl (C=O) groups excluding carboxylic acids is 1. The minimum atomic E-state index is -0.148. The van der Waals surface area contributed by atoms with Crippen molar-refractivity contribution in [2.75, 3.05) is 7.11 Å². The Labute approximate surface area is 162 Å². The number of rotatable bonds is 5. The second-order valence-electron chi connectivity index (χ2n) is 6.96. The van der Waals surface area contributed by atoms with E-state index in [0.717, 1.165) is 35.4 Å². The fourth-order valence-corrected chi connectivity index (χ4v) is 3.56. The van der Waals surface area contributed by atoms with Gasteiger partial charge in [0.1, 0.15) is 5.75 Å². The molecule has 2 aromatic carbocycles. The summed E-state index contributed by atoms with van der Waals surface area (Å²) in [4.78, 5) is 30.8. The number of carbonyl (C=O) groups is 1. The second-order valence-corrected chi connectivity index (χ2v) is 6.96. The Morgan fingerprint density at radius 2 is 1.96 bits per heavy atom. The van der Waals surface area contributed by atoms with Crippen molar-refractivity contribution in [3.05, 3.63) is 82.5 Å². The van der Waals surface area contributed by atoms with Gasteiger partial charge in [-0.05, 0) is 36.6 Å². The second kappa shape index (κ2) is 7.68. The number of aromatic nitrogens is 2. The van der Waals surface area contributed by atoms with Gasteiger partial charge >= 0.3 is 0 Å². The van der Waals surface area contributed by atoms with Gasteiger partial charge in [-0.2, -0.15) is 0 Å². The summed E-state index contributed by atoms with van der Waals surface area (Å²) in [5.41, 5.74) is 3.13. The molecule has 0 radical (unpaired) electrons. The minimum Gasteiger partial charge on any atom is -0.496 e. The number of nitrogens with one attached hydrogen (secondary N) is 2. The minimum absolute atomic E-state index is 0.0912. The molecule has 6 heteroatoms. The maximum absolute atomic E-state index is 12.7. The highest BCUT2D eigenvalue weighted by atomic mass is 16.5. The number of ether oxygens (including phenoxy) is 1. The zero-order valence-corrected chi connectivity index (χ0v) is 15.5. The summed E-state index contributed by atoms with van der Waals surface area (Å²) < 4.78 is 5.42. The molecule has 1 fully saturated rings. The molecule has 0 atom stereocenters. The van der Waals surface area contributed by atoms with Crippen LogP contribution in [0.3, 0.4) is 0 Å². The van der Waals surface area contributed by atoms with Gasteiger partial charge in [-0.1, -0.05) is 30.3 Å². The number of amides is 1. The van der Waals surface area contributed by atoms with Crippen LogP contribution in [0.5, 0.6) is 5.75 Å². The Hall–Kier alpha value is -3.41. The van der Waals surface area contributed by atoms with E-state index in [1.165, 1.54) is 12.4 Å². The Balaban J connectivity index is 1.43. The average molecular weight is 375 g/mol. The number of H-pyrrole nitrogens is 1. The standard InChI is InChI=1S/C22H21N3O3/c1-28-20-8-3-2-7-18(20)14-5-4-6-15(9-14)22(27)25-17-10-16(11-17)19-12-21(26)24-13-23-19/h2-9,12-13,16-17H,10-11H2,1H3,(H,25,27)(H,23,24,26). The summed E-state index contributed by atoms with van der Waals surface area (Å²) in [6.45, 7) is 0. The highest BCUT2D eigenvalue weighted by Gasteiger charge is 2.32. The number of aromatic amines is 1.